The van der Waals surface area contributed by atoms with Gasteiger partial charge < -0.3 is 9.80 Å². The maximum Gasteiger partial charge on any atom is 0.236 e. The molecule has 0 N–H and O–H groups in total. The summed E-state index contributed by atoms with van der Waals surface area (Å²) in [6, 6.07) is 1.99. The Bertz CT molecular complexity index is 309. The Morgan fingerprint density at radius 1 is 1.06 bits per heavy atom. The average Bonchev–Trinajstić information content (AvgIpc) is 2.25. The largest absolute Gasteiger partial charge is 0.348 e. The monoisotopic (exact) mass is 240 g/mol. The summed E-state index contributed by atoms with van der Waals surface area (Å²) in [5.41, 5.74) is 0. The molecule has 0 unspecified atom stereocenters. The van der Waals surface area contributed by atoms with Crippen LogP contribution in [0.25, 0.3) is 0 Å². The molecule has 0 atom stereocenters. The lowest BCUT2D eigenvalue weighted by molar-refractivity contribution is -0.133. The van der Waals surface area contributed by atoms with Crippen LogP contribution in [0.4, 0.5) is 0 Å². The minimum atomic E-state index is -0.0886. The Hall–Kier alpha value is -1.61. The molecule has 0 aliphatic carbocycles. The number of nitriles is 1. The molecular formula is C11H20N4O2. The van der Waals surface area contributed by atoms with Crippen LogP contribution in [0.1, 0.15) is 6.42 Å². The Morgan fingerprint density at radius 2 is 1.59 bits per heavy atom. The highest BCUT2D eigenvalue weighted by molar-refractivity contribution is 5.80. The molecule has 0 aromatic rings. The quantitative estimate of drug-likeness (QED) is 0.620. The van der Waals surface area contributed by atoms with E-state index in [0.29, 0.717) is 13.0 Å². The molecule has 0 aliphatic heterocycles. The van der Waals surface area contributed by atoms with Crippen molar-refractivity contribution >= 4 is 11.8 Å². The highest BCUT2D eigenvalue weighted by atomic mass is 16.2. The topological polar surface area (TPSA) is 67.7 Å². The highest BCUT2D eigenvalue weighted by Crippen LogP contribution is 1.92. The van der Waals surface area contributed by atoms with Gasteiger partial charge in [-0.3, -0.25) is 14.5 Å². The molecule has 0 aliphatic rings. The van der Waals surface area contributed by atoms with Crippen LogP contribution in [0.15, 0.2) is 0 Å². The van der Waals surface area contributed by atoms with Crippen molar-refractivity contribution in [2.75, 3.05) is 47.8 Å². The van der Waals surface area contributed by atoms with E-state index < -0.39 is 0 Å². The van der Waals surface area contributed by atoms with E-state index in [1.165, 1.54) is 9.80 Å². The lowest BCUT2D eigenvalue weighted by Crippen LogP contribution is -2.41. The zero-order valence-electron chi connectivity index (χ0n) is 10.9. The summed E-state index contributed by atoms with van der Waals surface area (Å²) in [5.74, 6) is -0.130. The van der Waals surface area contributed by atoms with Crippen LogP contribution >= 0.6 is 0 Å². The Morgan fingerprint density at radius 3 is 2.06 bits per heavy atom. The number of hydrogen-bond acceptors (Lipinski definition) is 4. The van der Waals surface area contributed by atoms with E-state index in [2.05, 4.69) is 0 Å². The molecule has 0 heterocycles. The zero-order chi connectivity index (χ0) is 13.4. The molecule has 0 rings (SSSR count). The van der Waals surface area contributed by atoms with Crippen molar-refractivity contribution in [2.24, 2.45) is 0 Å². The lowest BCUT2D eigenvalue weighted by Gasteiger charge is -2.21. The van der Waals surface area contributed by atoms with Gasteiger partial charge in [0, 0.05) is 27.7 Å². The Kier molecular flexibility index (Phi) is 6.91. The summed E-state index contributed by atoms with van der Waals surface area (Å²) in [7, 11) is 6.73. The van der Waals surface area contributed by atoms with Gasteiger partial charge in [-0.15, -0.1) is 0 Å². The molecule has 17 heavy (non-hydrogen) atoms. The normalized spacial score (nSPS) is 9.88. The van der Waals surface area contributed by atoms with Gasteiger partial charge >= 0.3 is 0 Å². The van der Waals surface area contributed by atoms with Gasteiger partial charge in [0.25, 0.3) is 0 Å². The molecule has 0 spiro atoms. The number of amides is 2. The van der Waals surface area contributed by atoms with Crippen LogP contribution in [-0.2, 0) is 9.59 Å². The summed E-state index contributed by atoms with van der Waals surface area (Å²) in [6.45, 7) is 0.817. The molecular weight excluding hydrogens is 220 g/mol. The first kappa shape index (κ1) is 15.4. The van der Waals surface area contributed by atoms with Gasteiger partial charge in [0.1, 0.15) is 0 Å². The fraction of sp³-hybridized carbons (Fsp3) is 0.727. The van der Waals surface area contributed by atoms with Crippen LogP contribution < -0.4 is 0 Å². The first-order valence-corrected chi connectivity index (χ1v) is 5.38. The van der Waals surface area contributed by atoms with Crippen LogP contribution in [0, 0.1) is 11.3 Å². The summed E-state index contributed by atoms with van der Waals surface area (Å²) < 4.78 is 0. The second kappa shape index (κ2) is 7.63. The summed E-state index contributed by atoms with van der Waals surface area (Å²) in [5, 5.41) is 8.41. The van der Waals surface area contributed by atoms with Gasteiger partial charge in [-0.1, -0.05) is 0 Å². The van der Waals surface area contributed by atoms with Crippen LogP contribution in [-0.4, -0.2) is 74.3 Å². The maximum absolute atomic E-state index is 11.7. The molecule has 0 aromatic heterocycles. The van der Waals surface area contributed by atoms with E-state index in [1.807, 2.05) is 6.07 Å². The van der Waals surface area contributed by atoms with E-state index in [4.69, 9.17) is 5.26 Å². The number of nitrogens with zero attached hydrogens (tertiary/aromatic N) is 4. The van der Waals surface area contributed by atoms with Crippen LogP contribution in [0.3, 0.4) is 0 Å². The van der Waals surface area contributed by atoms with Crippen molar-refractivity contribution in [1.82, 2.24) is 14.7 Å². The Labute approximate surface area is 102 Å². The average molecular weight is 240 g/mol. The number of likely N-dealkylation sites (N-methyl/N-ethyl adjacent to an activating group) is 3. The SMILES string of the molecule is CN(CC(=O)N(C)C)CC(=O)N(C)CCC#N. The fourth-order valence-electron chi connectivity index (χ4n) is 1.12. The third kappa shape index (κ3) is 6.53. The van der Waals surface area contributed by atoms with Crippen molar-refractivity contribution in [3.05, 3.63) is 0 Å². The molecule has 0 fully saturated rings. The summed E-state index contributed by atoms with van der Waals surface area (Å²) in [4.78, 5) is 27.7. The van der Waals surface area contributed by atoms with Gasteiger partial charge in [-0.2, -0.15) is 5.26 Å². The van der Waals surface area contributed by atoms with Crippen LogP contribution in [0.2, 0.25) is 0 Å². The lowest BCUT2D eigenvalue weighted by atomic mass is 10.4. The third-order valence-electron chi connectivity index (χ3n) is 2.29. The van der Waals surface area contributed by atoms with Gasteiger partial charge in [-0.25, -0.2) is 0 Å². The molecule has 0 bridgehead atoms. The predicted molar refractivity (Wildman–Crippen MR) is 64.1 cm³/mol. The number of hydrogen-bond donors (Lipinski definition) is 0. The smallest absolute Gasteiger partial charge is 0.236 e. The van der Waals surface area contributed by atoms with Gasteiger partial charge in [-0.05, 0) is 7.05 Å². The number of carbonyl (C=O) groups is 2. The predicted octanol–water partition coefficient (Wildman–Crippen LogP) is -0.622. The summed E-state index contributed by atoms with van der Waals surface area (Å²) >= 11 is 0. The second-order valence-electron chi connectivity index (χ2n) is 4.18. The van der Waals surface area contributed by atoms with Gasteiger partial charge in [0.05, 0.1) is 25.6 Å². The molecule has 2 amide bonds. The molecule has 96 valence electrons. The van der Waals surface area contributed by atoms with E-state index in [1.54, 1.807) is 33.1 Å². The third-order valence-corrected chi connectivity index (χ3v) is 2.29. The molecule has 0 radical (unpaired) electrons. The highest BCUT2D eigenvalue weighted by Gasteiger charge is 2.14. The van der Waals surface area contributed by atoms with Crippen molar-refractivity contribution in [2.45, 2.75) is 6.42 Å². The first-order chi connectivity index (χ1) is 7.88. The first-order valence-electron chi connectivity index (χ1n) is 5.38. The minimum absolute atomic E-state index is 0.0417. The van der Waals surface area contributed by atoms with E-state index in [-0.39, 0.29) is 24.9 Å². The molecule has 0 aromatic carbocycles. The van der Waals surface area contributed by atoms with Crippen molar-refractivity contribution in [3.8, 4) is 6.07 Å². The van der Waals surface area contributed by atoms with Crippen molar-refractivity contribution in [3.63, 3.8) is 0 Å². The molecule has 0 saturated heterocycles. The van der Waals surface area contributed by atoms with E-state index >= 15 is 0 Å². The van der Waals surface area contributed by atoms with Crippen LogP contribution in [0.5, 0.6) is 0 Å². The van der Waals surface area contributed by atoms with E-state index in [9.17, 15) is 9.59 Å². The Balaban J connectivity index is 4.03. The number of carbonyl (C=O) groups excluding carboxylic acids is 2. The second-order valence-corrected chi connectivity index (χ2v) is 4.18. The molecule has 6 nitrogen and oxygen atoms in total. The van der Waals surface area contributed by atoms with Crippen molar-refractivity contribution < 1.29 is 9.59 Å². The molecule has 0 saturated carbocycles. The van der Waals surface area contributed by atoms with Gasteiger partial charge in [0.2, 0.25) is 11.8 Å². The number of rotatable bonds is 6. The fourth-order valence-corrected chi connectivity index (χ4v) is 1.12. The standard InChI is InChI=1S/C11H20N4O2/c1-13(2)10(16)8-14(3)9-11(17)15(4)7-5-6-12/h5,7-9H2,1-4H3. The maximum atomic E-state index is 11.7. The minimum Gasteiger partial charge on any atom is -0.348 e. The molecule has 6 heteroatoms. The van der Waals surface area contributed by atoms with Gasteiger partial charge in [0.15, 0.2) is 0 Å². The summed E-state index contributed by atoms with van der Waals surface area (Å²) in [6.07, 6.45) is 0.322. The van der Waals surface area contributed by atoms with E-state index in [0.717, 1.165) is 0 Å². The zero-order valence-corrected chi connectivity index (χ0v) is 10.9. The van der Waals surface area contributed by atoms with Crippen molar-refractivity contribution in [1.29, 1.82) is 5.26 Å².